The number of piperazine rings is 1. The van der Waals surface area contributed by atoms with Gasteiger partial charge in [0.05, 0.1) is 5.52 Å². The summed E-state index contributed by atoms with van der Waals surface area (Å²) in [6.45, 7) is 8.14. The van der Waals surface area contributed by atoms with Gasteiger partial charge in [-0.2, -0.15) is 0 Å². The van der Waals surface area contributed by atoms with Crippen LogP contribution in [-0.2, 0) is 6.54 Å². The van der Waals surface area contributed by atoms with Crippen LogP contribution in [0.3, 0.4) is 0 Å². The molecule has 4 heteroatoms. The molecule has 0 aliphatic carbocycles. The van der Waals surface area contributed by atoms with E-state index in [-0.39, 0.29) is 0 Å². The van der Waals surface area contributed by atoms with Crippen LogP contribution in [0.25, 0.3) is 16.6 Å². The van der Waals surface area contributed by atoms with E-state index >= 15 is 0 Å². The van der Waals surface area contributed by atoms with Gasteiger partial charge in [-0.15, -0.1) is 0 Å². The minimum Gasteiger partial charge on any atom is -0.369 e. The summed E-state index contributed by atoms with van der Waals surface area (Å²) in [5.74, 6) is 0.688. The first-order valence-corrected chi connectivity index (χ1v) is 11.2. The number of para-hydroxylation sites is 1. The molecule has 29 heavy (non-hydrogen) atoms. The molecule has 150 valence electrons. The quantitative estimate of drug-likeness (QED) is 0.660. The summed E-state index contributed by atoms with van der Waals surface area (Å²) in [5.41, 5.74) is 7.21. The smallest absolute Gasteiger partial charge is 0.0534 e. The van der Waals surface area contributed by atoms with Gasteiger partial charge in [0, 0.05) is 61.1 Å². The van der Waals surface area contributed by atoms with Gasteiger partial charge in [-0.05, 0) is 68.9 Å². The van der Waals surface area contributed by atoms with Crippen molar-refractivity contribution >= 4 is 16.6 Å². The average molecular weight is 387 g/mol. The molecule has 7 rings (SSSR count). The normalized spacial score (nSPS) is 24.7. The number of benzene rings is 2. The summed E-state index contributed by atoms with van der Waals surface area (Å²) < 4.78 is 2.58. The summed E-state index contributed by atoms with van der Waals surface area (Å²) in [7, 11) is 2.22. The number of likely N-dealkylation sites (N-methyl/N-ethyl adjacent to an activating group) is 1. The zero-order chi connectivity index (χ0) is 19.4. The molecule has 0 atom stereocenters. The summed E-state index contributed by atoms with van der Waals surface area (Å²) in [6, 6.07) is 18.4. The van der Waals surface area contributed by atoms with E-state index in [0.29, 0.717) is 5.92 Å². The third-order valence-corrected chi connectivity index (χ3v) is 7.35. The average Bonchev–Trinajstić information content (AvgIpc) is 2.88. The number of nitrogens with zero attached hydrogens (tertiary/aromatic N) is 4. The highest BCUT2D eigenvalue weighted by molar-refractivity contribution is 5.88. The Labute approximate surface area is 173 Å². The van der Waals surface area contributed by atoms with Gasteiger partial charge < -0.3 is 14.4 Å². The van der Waals surface area contributed by atoms with Crippen LogP contribution in [0.4, 0.5) is 5.69 Å². The lowest BCUT2D eigenvalue weighted by Gasteiger charge is -2.34. The second-order valence-corrected chi connectivity index (χ2v) is 9.07. The van der Waals surface area contributed by atoms with E-state index < -0.39 is 0 Å². The first-order valence-electron chi connectivity index (χ1n) is 11.2. The van der Waals surface area contributed by atoms with E-state index in [2.05, 4.69) is 74.8 Å². The molecule has 2 aromatic carbocycles. The largest absolute Gasteiger partial charge is 0.369 e. The highest BCUT2D eigenvalue weighted by Crippen LogP contribution is 2.42. The molecule has 0 N–H and O–H groups in total. The van der Waals surface area contributed by atoms with Gasteiger partial charge in [-0.1, -0.05) is 18.2 Å². The van der Waals surface area contributed by atoms with E-state index in [4.69, 9.17) is 0 Å². The molecule has 4 aliphatic heterocycles. The highest BCUT2D eigenvalue weighted by Gasteiger charge is 2.33. The van der Waals surface area contributed by atoms with E-state index in [1.165, 1.54) is 48.2 Å². The summed E-state index contributed by atoms with van der Waals surface area (Å²) in [5, 5.41) is 1.45. The topological polar surface area (TPSA) is 14.7 Å². The SMILES string of the molecule is CN1CCN(c2ccc(-n3c4c(c5ccccc53)CN3CCC4CC3)cc2)CC1. The summed E-state index contributed by atoms with van der Waals surface area (Å²) >= 11 is 0. The van der Waals surface area contributed by atoms with Crippen molar-refractivity contribution in [1.82, 2.24) is 14.4 Å². The van der Waals surface area contributed by atoms with Crippen LogP contribution in [0.5, 0.6) is 0 Å². The van der Waals surface area contributed by atoms with E-state index in [1.54, 1.807) is 11.3 Å². The molecule has 0 unspecified atom stereocenters. The summed E-state index contributed by atoms with van der Waals surface area (Å²) in [6.07, 6.45) is 2.59. The Morgan fingerprint density at radius 3 is 2.21 bits per heavy atom. The van der Waals surface area contributed by atoms with Crippen molar-refractivity contribution in [1.29, 1.82) is 0 Å². The Hall–Kier alpha value is -2.30. The number of hydrogen-bond donors (Lipinski definition) is 0. The Morgan fingerprint density at radius 1 is 0.759 bits per heavy atom. The third kappa shape index (κ3) is 2.89. The minimum absolute atomic E-state index is 0.688. The maximum atomic E-state index is 2.65. The second-order valence-electron chi connectivity index (χ2n) is 9.07. The van der Waals surface area contributed by atoms with Crippen LogP contribution >= 0.6 is 0 Å². The fourth-order valence-electron chi connectivity index (χ4n) is 5.67. The molecule has 0 amide bonds. The van der Waals surface area contributed by atoms with Crippen LogP contribution in [0, 0.1) is 0 Å². The van der Waals surface area contributed by atoms with Gasteiger partial charge >= 0.3 is 0 Å². The van der Waals surface area contributed by atoms with Crippen molar-refractivity contribution in [2.24, 2.45) is 0 Å². The van der Waals surface area contributed by atoms with E-state index in [9.17, 15) is 0 Å². The lowest BCUT2D eigenvalue weighted by atomic mass is 9.94. The van der Waals surface area contributed by atoms with Crippen LogP contribution < -0.4 is 4.90 Å². The van der Waals surface area contributed by atoms with Crippen molar-refractivity contribution in [2.75, 3.05) is 51.2 Å². The van der Waals surface area contributed by atoms with E-state index in [1.807, 2.05) is 0 Å². The van der Waals surface area contributed by atoms with Gasteiger partial charge in [0.1, 0.15) is 0 Å². The lowest BCUT2D eigenvalue weighted by molar-refractivity contribution is 0.220. The number of fused-ring (bicyclic) bond motifs is 3. The molecule has 2 saturated heterocycles. The molecule has 3 aromatic rings. The maximum Gasteiger partial charge on any atom is 0.0534 e. The fraction of sp³-hybridized carbons (Fsp3) is 0.440. The molecule has 4 nitrogen and oxygen atoms in total. The lowest BCUT2D eigenvalue weighted by Crippen LogP contribution is -2.44. The molecule has 0 radical (unpaired) electrons. The molecule has 4 aliphatic rings. The van der Waals surface area contributed by atoms with Crippen LogP contribution in [-0.4, -0.2) is 60.7 Å². The number of aromatic nitrogens is 1. The first kappa shape index (κ1) is 17.5. The number of rotatable bonds is 2. The molecule has 5 heterocycles. The molecular weight excluding hydrogens is 356 g/mol. The van der Waals surface area contributed by atoms with Gasteiger partial charge in [0.15, 0.2) is 0 Å². The molecule has 0 saturated carbocycles. The van der Waals surface area contributed by atoms with Crippen molar-refractivity contribution in [3.05, 3.63) is 59.8 Å². The molecule has 1 aromatic heterocycles. The van der Waals surface area contributed by atoms with Crippen molar-refractivity contribution in [3.63, 3.8) is 0 Å². The fourth-order valence-corrected chi connectivity index (χ4v) is 5.67. The Kier molecular flexibility index (Phi) is 4.17. The van der Waals surface area contributed by atoms with Gasteiger partial charge in [-0.25, -0.2) is 0 Å². The monoisotopic (exact) mass is 386 g/mol. The predicted molar refractivity (Wildman–Crippen MR) is 120 cm³/mol. The molecule has 2 bridgehead atoms. The summed E-state index contributed by atoms with van der Waals surface area (Å²) in [4.78, 5) is 7.58. The molecule has 2 fully saturated rings. The third-order valence-electron chi connectivity index (χ3n) is 7.35. The maximum absolute atomic E-state index is 2.65. The Morgan fingerprint density at radius 2 is 1.45 bits per heavy atom. The van der Waals surface area contributed by atoms with Crippen molar-refractivity contribution in [3.8, 4) is 5.69 Å². The molecule has 0 spiro atoms. The standard InChI is InChI=1S/C25H30N4/c1-26-14-16-28(17-15-26)20-6-8-21(9-7-20)29-24-5-3-2-4-22(24)23-18-27-12-10-19(11-13-27)25(23)29/h2-9,19H,10-18H2,1H3. The number of hydrogen-bond acceptors (Lipinski definition) is 3. The number of anilines is 1. The Bertz CT molecular complexity index is 1020. The van der Waals surface area contributed by atoms with Gasteiger partial charge in [0.2, 0.25) is 0 Å². The predicted octanol–water partition coefficient (Wildman–Crippen LogP) is 4.08. The van der Waals surface area contributed by atoms with Crippen LogP contribution in [0.1, 0.15) is 30.0 Å². The van der Waals surface area contributed by atoms with Crippen LogP contribution in [0.2, 0.25) is 0 Å². The van der Waals surface area contributed by atoms with Crippen LogP contribution in [0.15, 0.2) is 48.5 Å². The zero-order valence-corrected chi connectivity index (χ0v) is 17.3. The molecular formula is C25H30N4. The van der Waals surface area contributed by atoms with Crippen molar-refractivity contribution in [2.45, 2.75) is 25.3 Å². The highest BCUT2D eigenvalue weighted by atomic mass is 15.2. The van der Waals surface area contributed by atoms with E-state index in [0.717, 1.165) is 32.7 Å². The second kappa shape index (κ2) is 6.89. The van der Waals surface area contributed by atoms with Gasteiger partial charge in [-0.3, -0.25) is 4.90 Å². The Balaban J connectivity index is 1.44. The van der Waals surface area contributed by atoms with Gasteiger partial charge in [0.25, 0.3) is 0 Å². The van der Waals surface area contributed by atoms with Crippen molar-refractivity contribution < 1.29 is 0 Å². The number of piperidine rings is 1. The first-order chi connectivity index (χ1) is 14.3. The minimum atomic E-state index is 0.688. The zero-order valence-electron chi connectivity index (χ0n) is 17.3.